The predicted octanol–water partition coefficient (Wildman–Crippen LogP) is 2.39. The summed E-state index contributed by atoms with van der Waals surface area (Å²) in [6.07, 6.45) is 1.46. The number of esters is 1. The average molecular weight is 202 g/mol. The molecule has 0 spiro atoms. The summed E-state index contributed by atoms with van der Waals surface area (Å²) in [6.45, 7) is 9.66. The minimum Gasteiger partial charge on any atom is -0.463 e. The van der Waals surface area contributed by atoms with E-state index in [1.165, 1.54) is 0 Å². The van der Waals surface area contributed by atoms with Crippen LogP contribution in [0.2, 0.25) is 0 Å². The summed E-state index contributed by atoms with van der Waals surface area (Å²) in [7, 11) is 0. The molecule has 0 radical (unpaired) electrons. The Morgan fingerprint density at radius 2 is 1.86 bits per heavy atom. The van der Waals surface area contributed by atoms with Crippen LogP contribution in [0.3, 0.4) is 0 Å². The maximum atomic E-state index is 11.3. The molecule has 0 amide bonds. The van der Waals surface area contributed by atoms with Gasteiger partial charge in [-0.1, -0.05) is 27.2 Å². The van der Waals surface area contributed by atoms with Crippen LogP contribution in [0.25, 0.3) is 0 Å². The van der Waals surface area contributed by atoms with Crippen molar-refractivity contribution in [1.82, 2.24) is 0 Å². The van der Waals surface area contributed by atoms with Gasteiger partial charge in [0.15, 0.2) is 0 Å². The molecule has 14 heavy (non-hydrogen) atoms. The fraction of sp³-hybridized carbons (Fsp3) is 0.909. The maximum absolute atomic E-state index is 11.3. The summed E-state index contributed by atoms with van der Waals surface area (Å²) in [5.41, 5.74) is 0.0443. The van der Waals surface area contributed by atoms with E-state index in [4.69, 9.17) is 9.47 Å². The van der Waals surface area contributed by atoms with Crippen molar-refractivity contribution in [2.45, 2.75) is 40.5 Å². The fourth-order valence-corrected chi connectivity index (χ4v) is 0.926. The normalized spacial score (nSPS) is 11.4. The van der Waals surface area contributed by atoms with Gasteiger partial charge in [-0.3, -0.25) is 4.79 Å². The summed E-state index contributed by atoms with van der Waals surface area (Å²) in [5, 5.41) is 0. The highest BCUT2D eigenvalue weighted by Gasteiger charge is 2.20. The molecule has 0 aromatic rings. The van der Waals surface area contributed by atoms with Crippen LogP contribution in [0.4, 0.5) is 0 Å². The smallest absolute Gasteiger partial charge is 0.306 e. The monoisotopic (exact) mass is 202 g/mol. The molecule has 0 bridgehead atoms. The van der Waals surface area contributed by atoms with E-state index < -0.39 is 0 Å². The Kier molecular flexibility index (Phi) is 6.54. The van der Waals surface area contributed by atoms with E-state index in [-0.39, 0.29) is 11.4 Å². The fourth-order valence-electron chi connectivity index (χ4n) is 0.926. The Bertz CT molecular complexity index is 164. The van der Waals surface area contributed by atoms with Crippen molar-refractivity contribution in [2.75, 3.05) is 19.8 Å². The molecule has 0 aliphatic carbocycles. The molecule has 0 atom stereocenters. The Morgan fingerprint density at radius 3 is 2.36 bits per heavy atom. The Labute approximate surface area is 86.8 Å². The van der Waals surface area contributed by atoms with Crippen LogP contribution >= 0.6 is 0 Å². The molecule has 3 heteroatoms. The molecule has 0 aromatic heterocycles. The summed E-state index contributed by atoms with van der Waals surface area (Å²) >= 11 is 0. The van der Waals surface area contributed by atoms with E-state index in [9.17, 15) is 4.79 Å². The molecule has 0 aliphatic rings. The van der Waals surface area contributed by atoms with Crippen LogP contribution in [0.1, 0.15) is 40.5 Å². The summed E-state index contributed by atoms with van der Waals surface area (Å²) in [5.74, 6) is -0.128. The number of carbonyl (C=O) groups excluding carboxylic acids is 1. The third-order valence-electron chi connectivity index (χ3n) is 2.27. The Balaban J connectivity index is 3.55. The number of ether oxygens (including phenoxy) is 2. The lowest BCUT2D eigenvalue weighted by Crippen LogP contribution is -2.19. The largest absolute Gasteiger partial charge is 0.463 e. The van der Waals surface area contributed by atoms with Crippen LogP contribution in [-0.4, -0.2) is 25.8 Å². The van der Waals surface area contributed by atoms with Gasteiger partial charge in [0.25, 0.3) is 0 Å². The highest BCUT2D eigenvalue weighted by Crippen LogP contribution is 2.24. The third kappa shape index (κ3) is 6.89. The van der Waals surface area contributed by atoms with Crippen LogP contribution < -0.4 is 0 Å². The summed E-state index contributed by atoms with van der Waals surface area (Å²) < 4.78 is 10.1. The van der Waals surface area contributed by atoms with Crippen molar-refractivity contribution >= 4 is 5.97 Å². The van der Waals surface area contributed by atoms with Crippen LogP contribution in [0.5, 0.6) is 0 Å². The van der Waals surface area contributed by atoms with Crippen molar-refractivity contribution in [1.29, 1.82) is 0 Å². The van der Waals surface area contributed by atoms with Crippen molar-refractivity contribution in [3.05, 3.63) is 0 Å². The predicted molar refractivity (Wildman–Crippen MR) is 56.1 cm³/mol. The Hall–Kier alpha value is -0.570. The van der Waals surface area contributed by atoms with Crippen LogP contribution in [0, 0.1) is 5.41 Å². The molecular formula is C11H22O3. The van der Waals surface area contributed by atoms with E-state index in [2.05, 4.69) is 20.8 Å². The second-order valence-electron chi connectivity index (χ2n) is 4.11. The molecule has 0 aromatic carbocycles. The number of hydrogen-bond acceptors (Lipinski definition) is 3. The van der Waals surface area contributed by atoms with Crippen molar-refractivity contribution in [2.24, 2.45) is 5.41 Å². The maximum Gasteiger partial charge on any atom is 0.306 e. The first-order valence-electron chi connectivity index (χ1n) is 5.25. The number of carbonyl (C=O) groups is 1. The molecule has 0 heterocycles. The molecule has 0 aliphatic heterocycles. The van der Waals surface area contributed by atoms with Crippen molar-refractivity contribution < 1.29 is 14.3 Å². The van der Waals surface area contributed by atoms with Gasteiger partial charge < -0.3 is 9.47 Å². The first-order valence-corrected chi connectivity index (χ1v) is 5.25. The van der Waals surface area contributed by atoms with Gasteiger partial charge in [-0.15, -0.1) is 0 Å². The zero-order valence-corrected chi connectivity index (χ0v) is 9.76. The van der Waals surface area contributed by atoms with Gasteiger partial charge in [0.1, 0.15) is 6.61 Å². The lowest BCUT2D eigenvalue weighted by molar-refractivity contribution is -0.147. The van der Waals surface area contributed by atoms with Crippen LogP contribution in [-0.2, 0) is 14.3 Å². The lowest BCUT2D eigenvalue weighted by atomic mass is 9.87. The standard InChI is InChI=1S/C11H22O3/c1-5-11(3,4)9-10(12)14-8-7-13-6-2/h5-9H2,1-4H3. The topological polar surface area (TPSA) is 35.5 Å². The van der Waals surface area contributed by atoms with Gasteiger partial charge >= 0.3 is 5.97 Å². The second kappa shape index (κ2) is 6.82. The van der Waals surface area contributed by atoms with Gasteiger partial charge in [0, 0.05) is 6.61 Å². The molecule has 3 nitrogen and oxygen atoms in total. The van der Waals surface area contributed by atoms with Crippen LogP contribution in [0.15, 0.2) is 0 Å². The Morgan fingerprint density at radius 1 is 1.21 bits per heavy atom. The molecule has 0 unspecified atom stereocenters. The molecule has 0 saturated heterocycles. The van der Waals surface area contributed by atoms with Gasteiger partial charge in [0.2, 0.25) is 0 Å². The quantitative estimate of drug-likeness (QED) is 0.469. The highest BCUT2D eigenvalue weighted by molar-refractivity contribution is 5.70. The highest BCUT2D eigenvalue weighted by atomic mass is 16.6. The van der Waals surface area contributed by atoms with Gasteiger partial charge in [0.05, 0.1) is 13.0 Å². The lowest BCUT2D eigenvalue weighted by Gasteiger charge is -2.20. The first kappa shape index (κ1) is 13.4. The van der Waals surface area contributed by atoms with Gasteiger partial charge in [-0.05, 0) is 12.3 Å². The third-order valence-corrected chi connectivity index (χ3v) is 2.27. The van der Waals surface area contributed by atoms with E-state index >= 15 is 0 Å². The minimum atomic E-state index is -0.128. The molecular weight excluding hydrogens is 180 g/mol. The molecule has 0 rings (SSSR count). The molecule has 0 N–H and O–H groups in total. The number of rotatable bonds is 7. The second-order valence-corrected chi connectivity index (χ2v) is 4.11. The number of hydrogen-bond donors (Lipinski definition) is 0. The van der Waals surface area contributed by atoms with Gasteiger partial charge in [-0.25, -0.2) is 0 Å². The van der Waals surface area contributed by atoms with Crippen molar-refractivity contribution in [3.8, 4) is 0 Å². The van der Waals surface area contributed by atoms with E-state index in [0.717, 1.165) is 6.42 Å². The van der Waals surface area contributed by atoms with Crippen molar-refractivity contribution in [3.63, 3.8) is 0 Å². The molecule has 0 fully saturated rings. The SMILES string of the molecule is CCOCCOC(=O)CC(C)(C)CC. The summed E-state index contributed by atoms with van der Waals surface area (Å²) in [6, 6.07) is 0. The zero-order valence-electron chi connectivity index (χ0n) is 9.76. The van der Waals surface area contributed by atoms with Gasteiger partial charge in [-0.2, -0.15) is 0 Å². The minimum absolute atomic E-state index is 0.0443. The van der Waals surface area contributed by atoms with E-state index in [1.54, 1.807) is 0 Å². The van der Waals surface area contributed by atoms with E-state index in [1.807, 2.05) is 6.92 Å². The average Bonchev–Trinajstić information content (AvgIpc) is 2.12. The summed E-state index contributed by atoms with van der Waals surface area (Å²) in [4.78, 5) is 11.3. The molecule has 0 saturated carbocycles. The van der Waals surface area contributed by atoms with E-state index in [0.29, 0.717) is 26.2 Å². The zero-order chi connectivity index (χ0) is 11.0. The first-order chi connectivity index (χ1) is 6.52. The molecule has 84 valence electrons.